The van der Waals surface area contributed by atoms with Crippen LogP contribution in [0, 0.1) is 0 Å². The van der Waals surface area contributed by atoms with Gasteiger partial charge in [0.05, 0.1) is 6.10 Å². The lowest BCUT2D eigenvalue weighted by Crippen LogP contribution is -2.23. The van der Waals surface area contributed by atoms with Crippen LogP contribution in [0.3, 0.4) is 0 Å². The summed E-state index contributed by atoms with van der Waals surface area (Å²) in [6.07, 6.45) is 1.36. The Bertz CT molecular complexity index is 403. The van der Waals surface area contributed by atoms with Crippen molar-refractivity contribution in [1.29, 1.82) is 0 Å². The Morgan fingerprint density at radius 3 is 2.47 bits per heavy atom. The van der Waals surface area contributed by atoms with Gasteiger partial charge in [0, 0.05) is 18.0 Å². The zero-order valence-corrected chi connectivity index (χ0v) is 12.2. The summed E-state index contributed by atoms with van der Waals surface area (Å²) in [5, 5.41) is 12.8. The minimum atomic E-state index is -0.368. The molecule has 0 bridgehead atoms. The molecule has 1 unspecified atom stereocenters. The highest BCUT2D eigenvalue weighted by Crippen LogP contribution is 2.21. The number of aromatic nitrogens is 2. The molecule has 108 valence electrons. The summed E-state index contributed by atoms with van der Waals surface area (Å²) in [6.45, 7) is 8.63. The lowest BCUT2D eigenvalue weighted by molar-refractivity contribution is 0.176. The van der Waals surface area contributed by atoms with Gasteiger partial charge in [-0.1, -0.05) is 34.1 Å². The van der Waals surface area contributed by atoms with Crippen LogP contribution in [-0.4, -0.2) is 27.7 Å². The fourth-order valence-electron chi connectivity index (χ4n) is 1.60. The summed E-state index contributed by atoms with van der Waals surface area (Å²) in [5.41, 5.74) is 2.38. The number of nitrogen functional groups attached to an aromatic ring is 1. The van der Waals surface area contributed by atoms with Crippen molar-refractivity contribution in [1.82, 2.24) is 9.97 Å². The second-order valence-corrected chi connectivity index (χ2v) is 5.68. The van der Waals surface area contributed by atoms with Gasteiger partial charge in [0.1, 0.15) is 17.5 Å². The summed E-state index contributed by atoms with van der Waals surface area (Å²) in [6, 6.07) is 1.73. The molecule has 1 rings (SSSR count). The maximum Gasteiger partial charge on any atom is 0.145 e. The second-order valence-electron chi connectivity index (χ2n) is 5.68. The number of aliphatic hydroxyl groups is 1. The van der Waals surface area contributed by atoms with Crippen molar-refractivity contribution >= 4 is 11.6 Å². The Morgan fingerprint density at radius 1 is 1.32 bits per heavy atom. The van der Waals surface area contributed by atoms with Crippen LogP contribution in [0.2, 0.25) is 0 Å². The first-order chi connectivity index (χ1) is 8.86. The molecule has 1 atom stereocenters. The van der Waals surface area contributed by atoms with Gasteiger partial charge in [0.2, 0.25) is 0 Å². The van der Waals surface area contributed by atoms with E-state index >= 15 is 0 Å². The van der Waals surface area contributed by atoms with Crippen LogP contribution in [0.4, 0.5) is 11.6 Å². The molecule has 5 N–H and O–H groups in total. The molecule has 0 aliphatic heterocycles. The van der Waals surface area contributed by atoms with Crippen LogP contribution in [0.15, 0.2) is 6.07 Å². The normalized spacial score (nSPS) is 13.2. The van der Waals surface area contributed by atoms with Gasteiger partial charge in [-0.25, -0.2) is 15.8 Å². The fourth-order valence-corrected chi connectivity index (χ4v) is 1.60. The van der Waals surface area contributed by atoms with E-state index in [2.05, 4.69) is 20.7 Å². The second kappa shape index (κ2) is 6.68. The molecular weight excluding hydrogens is 242 g/mol. The number of anilines is 2. The van der Waals surface area contributed by atoms with E-state index < -0.39 is 0 Å². The summed E-state index contributed by atoms with van der Waals surface area (Å²) in [4.78, 5) is 8.79. The third-order valence-corrected chi connectivity index (χ3v) is 2.69. The number of hydrogen-bond donors (Lipinski definition) is 4. The smallest absolute Gasteiger partial charge is 0.145 e. The van der Waals surface area contributed by atoms with Crippen LogP contribution in [-0.2, 0) is 5.41 Å². The molecule has 0 spiro atoms. The van der Waals surface area contributed by atoms with Crippen molar-refractivity contribution in [3.05, 3.63) is 11.9 Å². The number of nitrogens with zero attached hydrogens (tertiary/aromatic N) is 2. The zero-order chi connectivity index (χ0) is 14.5. The molecule has 0 saturated heterocycles. The lowest BCUT2D eigenvalue weighted by Gasteiger charge is -2.19. The average Bonchev–Trinajstić information content (AvgIpc) is 2.35. The van der Waals surface area contributed by atoms with Gasteiger partial charge in [0.15, 0.2) is 0 Å². The highest BCUT2D eigenvalue weighted by molar-refractivity contribution is 5.47. The molecule has 0 amide bonds. The molecule has 19 heavy (non-hydrogen) atoms. The Hall–Kier alpha value is -1.40. The van der Waals surface area contributed by atoms with Gasteiger partial charge >= 0.3 is 0 Å². The molecule has 0 saturated carbocycles. The van der Waals surface area contributed by atoms with Crippen molar-refractivity contribution in [2.75, 3.05) is 17.3 Å². The monoisotopic (exact) mass is 267 g/mol. The Kier molecular flexibility index (Phi) is 5.50. The number of nitrogens with two attached hydrogens (primary N) is 1. The molecule has 0 aliphatic rings. The van der Waals surface area contributed by atoms with E-state index in [9.17, 15) is 5.11 Å². The molecule has 0 aliphatic carbocycles. The van der Waals surface area contributed by atoms with Gasteiger partial charge < -0.3 is 15.8 Å². The number of nitrogens with one attached hydrogen (secondary N) is 2. The maximum atomic E-state index is 9.72. The highest BCUT2D eigenvalue weighted by atomic mass is 16.3. The topological polar surface area (TPSA) is 96.1 Å². The molecule has 0 radical (unpaired) electrons. The van der Waals surface area contributed by atoms with Gasteiger partial charge in [0.25, 0.3) is 0 Å². The summed E-state index contributed by atoms with van der Waals surface area (Å²) in [7, 11) is 0. The van der Waals surface area contributed by atoms with Gasteiger partial charge in [-0.05, 0) is 6.42 Å². The predicted octanol–water partition coefficient (Wildman–Crippen LogP) is 1.63. The Balaban J connectivity index is 2.83. The van der Waals surface area contributed by atoms with E-state index in [1.165, 1.54) is 0 Å². The van der Waals surface area contributed by atoms with Crippen LogP contribution in [0.1, 0.15) is 46.4 Å². The molecule has 1 heterocycles. The van der Waals surface area contributed by atoms with Crippen molar-refractivity contribution in [3.8, 4) is 0 Å². The number of hydrogen-bond acceptors (Lipinski definition) is 6. The SMILES string of the molecule is CCCC(O)CNc1cc(NN)nc(C(C)(C)C)n1. The van der Waals surface area contributed by atoms with Crippen molar-refractivity contribution in [2.45, 2.75) is 52.1 Å². The van der Waals surface area contributed by atoms with Crippen LogP contribution >= 0.6 is 0 Å². The van der Waals surface area contributed by atoms with E-state index in [0.29, 0.717) is 24.0 Å². The van der Waals surface area contributed by atoms with Gasteiger partial charge in [-0.2, -0.15) is 0 Å². The molecule has 6 heteroatoms. The number of aliphatic hydroxyl groups excluding tert-OH is 1. The molecule has 0 aromatic carbocycles. The van der Waals surface area contributed by atoms with Gasteiger partial charge in [-0.15, -0.1) is 0 Å². The number of hydrazine groups is 1. The van der Waals surface area contributed by atoms with Crippen molar-refractivity contribution in [2.24, 2.45) is 5.84 Å². The summed E-state index contributed by atoms with van der Waals surface area (Å²) in [5.74, 6) is 7.35. The van der Waals surface area contributed by atoms with Crippen LogP contribution in [0.25, 0.3) is 0 Å². The largest absolute Gasteiger partial charge is 0.391 e. The summed E-state index contributed by atoms with van der Waals surface area (Å²) < 4.78 is 0. The molecule has 6 nitrogen and oxygen atoms in total. The standard InChI is InChI=1S/C13H25N5O/c1-5-6-9(19)8-15-10-7-11(18-14)17-12(16-10)13(2,3)4/h7,9,19H,5-6,8,14H2,1-4H3,(H2,15,16,17,18). The fraction of sp³-hybridized carbons (Fsp3) is 0.692. The average molecular weight is 267 g/mol. The Morgan fingerprint density at radius 2 is 1.95 bits per heavy atom. The maximum absolute atomic E-state index is 9.72. The minimum absolute atomic E-state index is 0.161. The van der Waals surface area contributed by atoms with Gasteiger partial charge in [-0.3, -0.25) is 0 Å². The quantitative estimate of drug-likeness (QED) is 0.462. The molecule has 1 aromatic rings. The third-order valence-electron chi connectivity index (χ3n) is 2.69. The molecule has 1 aromatic heterocycles. The predicted molar refractivity (Wildman–Crippen MR) is 77.9 cm³/mol. The van der Waals surface area contributed by atoms with E-state index in [4.69, 9.17) is 5.84 Å². The van der Waals surface area contributed by atoms with Crippen molar-refractivity contribution < 1.29 is 5.11 Å². The first-order valence-corrected chi connectivity index (χ1v) is 6.65. The number of rotatable bonds is 6. The van der Waals surface area contributed by atoms with E-state index in [0.717, 1.165) is 12.8 Å². The first-order valence-electron chi connectivity index (χ1n) is 6.65. The van der Waals surface area contributed by atoms with Crippen LogP contribution in [0.5, 0.6) is 0 Å². The summed E-state index contributed by atoms with van der Waals surface area (Å²) >= 11 is 0. The van der Waals surface area contributed by atoms with Crippen LogP contribution < -0.4 is 16.6 Å². The lowest BCUT2D eigenvalue weighted by atomic mass is 9.96. The van der Waals surface area contributed by atoms with E-state index in [1.807, 2.05) is 27.7 Å². The minimum Gasteiger partial charge on any atom is -0.391 e. The highest BCUT2D eigenvalue weighted by Gasteiger charge is 2.19. The van der Waals surface area contributed by atoms with E-state index in [-0.39, 0.29) is 11.5 Å². The van der Waals surface area contributed by atoms with Crippen molar-refractivity contribution in [3.63, 3.8) is 0 Å². The molecule has 0 fully saturated rings. The Labute approximate surface area is 114 Å². The third kappa shape index (κ3) is 5.00. The van der Waals surface area contributed by atoms with E-state index in [1.54, 1.807) is 6.07 Å². The zero-order valence-electron chi connectivity index (χ0n) is 12.2. The molecular formula is C13H25N5O. The first kappa shape index (κ1) is 15.7.